The van der Waals surface area contributed by atoms with E-state index in [-0.39, 0.29) is 0 Å². The van der Waals surface area contributed by atoms with Crippen molar-refractivity contribution in [2.45, 2.75) is 23.6 Å². The zero-order valence-corrected chi connectivity index (χ0v) is 15.1. The summed E-state index contributed by atoms with van der Waals surface area (Å²) in [7, 11) is 0. The first-order valence-corrected chi connectivity index (χ1v) is 8.57. The summed E-state index contributed by atoms with van der Waals surface area (Å²) in [4.78, 5) is 2.64. The van der Waals surface area contributed by atoms with E-state index in [0.717, 1.165) is 0 Å². The molecule has 3 rings (SSSR count). The van der Waals surface area contributed by atoms with Crippen molar-refractivity contribution in [3.8, 4) is 0 Å². The molecule has 0 amide bonds. The fourth-order valence-corrected chi connectivity index (χ4v) is 4.02. The summed E-state index contributed by atoms with van der Waals surface area (Å²) in [5, 5.41) is 3.55. The highest BCUT2D eigenvalue weighted by atomic mass is 127. The quantitative estimate of drug-likeness (QED) is 0.414. The van der Waals surface area contributed by atoms with E-state index in [1.807, 2.05) is 11.8 Å². The average molecular weight is 479 g/mol. The summed E-state index contributed by atoms with van der Waals surface area (Å²) in [5.41, 5.74) is 5.13. The van der Waals surface area contributed by atoms with Crippen LogP contribution in [0.3, 0.4) is 0 Å². The SMILES string of the molecule is Cc1cc2c(cc1I)Nc1cc(I)c(C)cc1S2. The monoisotopic (exact) mass is 479 g/mol. The smallest absolute Gasteiger partial charge is 0.0537 e. The van der Waals surface area contributed by atoms with E-state index in [1.165, 1.54) is 39.4 Å². The lowest BCUT2D eigenvalue weighted by atomic mass is 10.2. The molecule has 0 saturated carbocycles. The number of hydrogen-bond acceptors (Lipinski definition) is 2. The third kappa shape index (κ3) is 2.27. The number of benzene rings is 2. The Hall–Kier alpha value is 0.0500. The highest BCUT2D eigenvalue weighted by Gasteiger charge is 2.17. The molecule has 4 heteroatoms. The molecular weight excluding hydrogens is 468 g/mol. The topological polar surface area (TPSA) is 12.0 Å². The van der Waals surface area contributed by atoms with Gasteiger partial charge in [0.1, 0.15) is 0 Å². The Labute approximate surface area is 138 Å². The van der Waals surface area contributed by atoms with Gasteiger partial charge in [-0.05, 0) is 94.4 Å². The molecular formula is C14H11I2NS. The van der Waals surface area contributed by atoms with Crippen molar-refractivity contribution in [3.63, 3.8) is 0 Å². The van der Waals surface area contributed by atoms with Crippen molar-refractivity contribution < 1.29 is 0 Å². The van der Waals surface area contributed by atoms with E-state index in [0.29, 0.717) is 0 Å². The summed E-state index contributed by atoms with van der Waals surface area (Å²) in [6, 6.07) is 9.00. The number of fused-ring (bicyclic) bond motifs is 2. The van der Waals surface area contributed by atoms with Gasteiger partial charge >= 0.3 is 0 Å². The van der Waals surface area contributed by atoms with Gasteiger partial charge in [0.05, 0.1) is 11.4 Å². The lowest BCUT2D eigenvalue weighted by Gasteiger charge is -2.22. The minimum atomic E-state index is 1.22. The zero-order valence-electron chi connectivity index (χ0n) is 9.97. The number of hydrogen-bond donors (Lipinski definition) is 1. The van der Waals surface area contributed by atoms with Crippen molar-refractivity contribution >= 4 is 68.3 Å². The van der Waals surface area contributed by atoms with Crippen LogP contribution in [-0.2, 0) is 0 Å². The Morgan fingerprint density at radius 1 is 0.833 bits per heavy atom. The van der Waals surface area contributed by atoms with Gasteiger partial charge < -0.3 is 5.32 Å². The Balaban J connectivity index is 2.12. The third-order valence-corrected chi connectivity index (χ3v) is 6.45. The molecule has 2 aromatic carbocycles. The van der Waals surface area contributed by atoms with Crippen LogP contribution in [0.15, 0.2) is 34.1 Å². The van der Waals surface area contributed by atoms with Crippen molar-refractivity contribution in [2.75, 3.05) is 5.32 Å². The molecule has 0 radical (unpaired) electrons. The van der Waals surface area contributed by atoms with E-state index in [2.05, 4.69) is 88.6 Å². The van der Waals surface area contributed by atoms with Crippen LogP contribution in [0.4, 0.5) is 11.4 Å². The van der Waals surface area contributed by atoms with Gasteiger partial charge in [0.15, 0.2) is 0 Å². The van der Waals surface area contributed by atoms with E-state index < -0.39 is 0 Å². The summed E-state index contributed by atoms with van der Waals surface area (Å²) < 4.78 is 2.62. The highest BCUT2D eigenvalue weighted by molar-refractivity contribution is 14.1. The first-order valence-electron chi connectivity index (χ1n) is 5.60. The van der Waals surface area contributed by atoms with Gasteiger partial charge in [-0.3, -0.25) is 0 Å². The molecule has 0 aliphatic carbocycles. The second kappa shape index (κ2) is 4.86. The summed E-state index contributed by atoms with van der Waals surface area (Å²) in [6.07, 6.45) is 0. The number of halogens is 2. The van der Waals surface area contributed by atoms with Crippen LogP contribution in [0.2, 0.25) is 0 Å². The van der Waals surface area contributed by atoms with Gasteiger partial charge in [0, 0.05) is 16.9 Å². The number of nitrogens with one attached hydrogen (secondary N) is 1. The van der Waals surface area contributed by atoms with Crippen LogP contribution in [0, 0.1) is 21.0 Å². The molecule has 1 nitrogen and oxygen atoms in total. The van der Waals surface area contributed by atoms with E-state index >= 15 is 0 Å². The van der Waals surface area contributed by atoms with Gasteiger partial charge in [-0.15, -0.1) is 0 Å². The molecule has 2 aromatic rings. The zero-order chi connectivity index (χ0) is 12.9. The van der Waals surface area contributed by atoms with Crippen molar-refractivity contribution in [1.29, 1.82) is 0 Å². The Morgan fingerprint density at radius 3 is 1.72 bits per heavy atom. The van der Waals surface area contributed by atoms with Crippen LogP contribution in [0.25, 0.3) is 0 Å². The molecule has 18 heavy (non-hydrogen) atoms. The largest absolute Gasteiger partial charge is 0.354 e. The molecule has 0 bridgehead atoms. The summed E-state index contributed by atoms with van der Waals surface area (Å²) >= 11 is 6.64. The van der Waals surface area contributed by atoms with Gasteiger partial charge in [0.25, 0.3) is 0 Å². The Bertz CT molecular complexity index is 541. The molecule has 0 atom stereocenters. The Morgan fingerprint density at radius 2 is 1.28 bits per heavy atom. The molecule has 0 spiro atoms. The van der Waals surface area contributed by atoms with Gasteiger partial charge in [-0.2, -0.15) is 0 Å². The first kappa shape index (κ1) is 13.1. The minimum Gasteiger partial charge on any atom is -0.354 e. The second-order valence-corrected chi connectivity index (χ2v) is 7.83. The van der Waals surface area contributed by atoms with Crippen molar-refractivity contribution in [3.05, 3.63) is 42.5 Å². The Kier molecular flexibility index (Phi) is 3.53. The van der Waals surface area contributed by atoms with Crippen LogP contribution >= 0.6 is 56.9 Å². The standard InChI is InChI=1S/C14H11I2NS/c1-7-3-13-11(5-9(7)15)17-12-6-10(16)8(2)4-14(12)18-13/h3-6,17H,1-2H3. The number of anilines is 2. The van der Waals surface area contributed by atoms with Crippen LogP contribution in [0.5, 0.6) is 0 Å². The number of rotatable bonds is 0. The predicted octanol–water partition coefficient (Wildman–Crippen LogP) is 5.72. The molecule has 0 aromatic heterocycles. The fraction of sp³-hybridized carbons (Fsp3) is 0.143. The molecule has 0 unspecified atom stereocenters. The molecule has 1 N–H and O–H groups in total. The molecule has 1 aliphatic heterocycles. The lowest BCUT2D eigenvalue weighted by molar-refractivity contribution is 1.25. The summed E-state index contributed by atoms with van der Waals surface area (Å²) in [6.45, 7) is 4.33. The van der Waals surface area contributed by atoms with Gasteiger partial charge in [0.2, 0.25) is 0 Å². The van der Waals surface area contributed by atoms with E-state index in [9.17, 15) is 0 Å². The van der Waals surface area contributed by atoms with E-state index in [1.54, 1.807) is 0 Å². The van der Waals surface area contributed by atoms with Crippen molar-refractivity contribution in [2.24, 2.45) is 0 Å². The average Bonchev–Trinajstić information content (AvgIpc) is 2.31. The summed E-state index contributed by atoms with van der Waals surface area (Å²) in [5.74, 6) is 0. The normalized spacial score (nSPS) is 12.7. The maximum absolute atomic E-state index is 3.55. The van der Waals surface area contributed by atoms with Gasteiger partial charge in [-0.25, -0.2) is 0 Å². The third-order valence-electron chi connectivity index (χ3n) is 3.01. The van der Waals surface area contributed by atoms with E-state index in [4.69, 9.17) is 0 Å². The maximum Gasteiger partial charge on any atom is 0.0537 e. The lowest BCUT2D eigenvalue weighted by Crippen LogP contribution is -2.02. The minimum absolute atomic E-state index is 1.22. The van der Waals surface area contributed by atoms with Gasteiger partial charge in [-0.1, -0.05) is 11.8 Å². The first-order chi connectivity index (χ1) is 8.54. The fourth-order valence-electron chi connectivity index (χ4n) is 1.94. The second-order valence-electron chi connectivity index (χ2n) is 4.42. The maximum atomic E-state index is 3.55. The highest BCUT2D eigenvalue weighted by Crippen LogP contribution is 2.46. The molecule has 0 fully saturated rings. The predicted molar refractivity (Wildman–Crippen MR) is 95.2 cm³/mol. The van der Waals surface area contributed by atoms with Crippen LogP contribution in [0.1, 0.15) is 11.1 Å². The molecule has 1 heterocycles. The molecule has 92 valence electrons. The number of aryl methyl sites for hydroxylation is 2. The molecule has 0 saturated heterocycles. The van der Waals surface area contributed by atoms with Crippen LogP contribution < -0.4 is 5.32 Å². The van der Waals surface area contributed by atoms with Crippen LogP contribution in [-0.4, -0.2) is 0 Å². The molecule has 1 aliphatic rings. The van der Waals surface area contributed by atoms with Crippen molar-refractivity contribution in [1.82, 2.24) is 0 Å².